The summed E-state index contributed by atoms with van der Waals surface area (Å²) >= 11 is 0. The topological polar surface area (TPSA) is 22.1 Å². The second-order valence-electron chi connectivity index (χ2n) is 2.60. The number of hydrogen-bond donors (Lipinski definition) is 0. The number of rotatable bonds is 3. The number of pyridine rings is 1. The van der Waals surface area contributed by atoms with Crippen molar-refractivity contribution in [1.29, 1.82) is 0 Å². The van der Waals surface area contributed by atoms with E-state index >= 15 is 0 Å². The Morgan fingerprint density at radius 3 is 2.36 bits per heavy atom. The zero-order valence-corrected chi connectivity index (χ0v) is 11.1. The maximum absolute atomic E-state index is 11.9. The van der Waals surface area contributed by atoms with Crippen LogP contribution in [0, 0.1) is 0 Å². The normalized spacial score (nSPS) is 10.6. The average molecular weight is 229 g/mol. The molecule has 0 N–H and O–H groups in total. The van der Waals surface area contributed by atoms with Crippen LogP contribution >= 0.6 is 0 Å². The van der Waals surface area contributed by atoms with Crippen molar-refractivity contribution in [3.05, 3.63) is 24.0 Å². The van der Waals surface area contributed by atoms with Crippen LogP contribution in [0.1, 0.15) is 5.69 Å². The van der Waals surface area contributed by atoms with Gasteiger partial charge in [0.2, 0.25) is 0 Å². The molecule has 0 aliphatic heterocycles. The summed E-state index contributed by atoms with van der Waals surface area (Å²) in [6.07, 6.45) is 0.334. The Hall–Kier alpha value is 0.441. The number of hydrogen-bond acceptors (Lipinski definition) is 2. The first-order chi connectivity index (χ1) is 6.01. The molecule has 1 aromatic rings. The van der Waals surface area contributed by atoms with Crippen LogP contribution in [0.15, 0.2) is 18.3 Å². The van der Waals surface area contributed by atoms with Crippen LogP contribution in [-0.4, -0.2) is 19.1 Å². The van der Waals surface area contributed by atoms with Crippen LogP contribution in [0.2, 0.25) is 0 Å². The van der Waals surface area contributed by atoms with Gasteiger partial charge in [0.1, 0.15) is 5.75 Å². The molecule has 14 heavy (non-hydrogen) atoms. The van der Waals surface area contributed by atoms with E-state index in [4.69, 9.17) is 4.74 Å². The summed E-state index contributed by atoms with van der Waals surface area (Å²) in [7, 11) is 1.43. The SMILES string of the molecule is COc1ccc(C[B-](F)(F)F)nc1.[K+]. The predicted octanol–water partition coefficient (Wildman–Crippen LogP) is -0.977. The van der Waals surface area contributed by atoms with Crippen molar-refractivity contribution in [3.8, 4) is 5.75 Å². The van der Waals surface area contributed by atoms with Crippen molar-refractivity contribution < 1.29 is 69.1 Å². The van der Waals surface area contributed by atoms with E-state index < -0.39 is 13.3 Å². The van der Waals surface area contributed by atoms with Crippen molar-refractivity contribution in [2.75, 3.05) is 7.11 Å². The molecule has 1 heterocycles. The van der Waals surface area contributed by atoms with Crippen LogP contribution in [0.25, 0.3) is 0 Å². The predicted molar refractivity (Wildman–Crippen MR) is 43.6 cm³/mol. The molecule has 0 aliphatic rings. The smallest absolute Gasteiger partial charge is 0.495 e. The van der Waals surface area contributed by atoms with Crippen LogP contribution in [0.4, 0.5) is 12.9 Å². The minimum Gasteiger partial charge on any atom is -0.495 e. The Balaban J connectivity index is 0.00000169. The molecule has 1 rings (SSSR count). The first kappa shape index (κ1) is 14.4. The fourth-order valence-corrected chi connectivity index (χ4v) is 0.890. The summed E-state index contributed by atoms with van der Waals surface area (Å²) in [5, 5.41) is 0. The quantitative estimate of drug-likeness (QED) is 0.622. The van der Waals surface area contributed by atoms with E-state index in [-0.39, 0.29) is 57.1 Å². The number of halogens is 3. The number of methoxy groups -OCH3 is 1. The second kappa shape index (κ2) is 6.12. The Morgan fingerprint density at radius 1 is 1.36 bits per heavy atom. The minimum absolute atomic E-state index is 0. The van der Waals surface area contributed by atoms with E-state index in [1.54, 1.807) is 0 Å². The molecular weight excluding hydrogens is 221 g/mol. The zero-order chi connectivity index (χ0) is 9.90. The van der Waals surface area contributed by atoms with Crippen LogP contribution in [-0.2, 0) is 6.32 Å². The fourth-order valence-electron chi connectivity index (χ4n) is 0.890. The van der Waals surface area contributed by atoms with Gasteiger partial charge in [0.25, 0.3) is 0 Å². The average Bonchev–Trinajstić information content (AvgIpc) is 2.03. The van der Waals surface area contributed by atoms with Gasteiger partial charge in [0, 0.05) is 5.69 Å². The Morgan fingerprint density at radius 2 is 2.00 bits per heavy atom. The molecule has 0 saturated carbocycles. The van der Waals surface area contributed by atoms with Gasteiger partial charge in [-0.1, -0.05) is 0 Å². The molecule has 0 unspecified atom stereocenters. The monoisotopic (exact) mass is 229 g/mol. The third-order valence-corrected chi connectivity index (χ3v) is 1.47. The molecule has 0 atom stereocenters. The molecule has 0 radical (unpaired) electrons. The van der Waals surface area contributed by atoms with Crippen LogP contribution in [0.5, 0.6) is 5.75 Å². The van der Waals surface area contributed by atoms with Gasteiger partial charge in [-0.15, -0.1) is 0 Å². The summed E-state index contributed by atoms with van der Waals surface area (Å²) in [5.74, 6) is 0.457. The number of ether oxygens (including phenoxy) is 1. The van der Waals surface area contributed by atoms with E-state index in [2.05, 4.69) is 4.98 Å². The van der Waals surface area contributed by atoms with Crippen LogP contribution in [0.3, 0.4) is 0 Å². The molecule has 0 fully saturated rings. The summed E-state index contributed by atoms with van der Waals surface area (Å²) in [5.41, 5.74) is 0.0216. The zero-order valence-electron chi connectivity index (χ0n) is 8.01. The van der Waals surface area contributed by atoms with Crippen LogP contribution < -0.4 is 56.1 Å². The van der Waals surface area contributed by atoms with Gasteiger partial charge in [-0.25, -0.2) is 0 Å². The van der Waals surface area contributed by atoms with E-state index in [9.17, 15) is 12.9 Å². The van der Waals surface area contributed by atoms with E-state index in [1.165, 1.54) is 25.4 Å². The minimum atomic E-state index is -4.80. The molecule has 0 amide bonds. The van der Waals surface area contributed by atoms with Gasteiger partial charge in [0.15, 0.2) is 0 Å². The largest absolute Gasteiger partial charge is 1.00 e. The Bertz CT molecular complexity index is 277. The third kappa shape index (κ3) is 5.35. The molecular formula is C7H8BF3KNO. The van der Waals surface area contributed by atoms with Gasteiger partial charge in [0.05, 0.1) is 13.3 Å². The Labute approximate surface area is 123 Å². The third-order valence-electron chi connectivity index (χ3n) is 1.47. The maximum Gasteiger partial charge on any atom is 1.00 e. The summed E-state index contributed by atoms with van der Waals surface area (Å²) in [4.78, 5) is 3.61. The van der Waals surface area contributed by atoms with Gasteiger partial charge in [-0.05, 0) is 18.5 Å². The molecule has 0 bridgehead atoms. The van der Waals surface area contributed by atoms with E-state index in [0.717, 1.165) is 0 Å². The van der Waals surface area contributed by atoms with Gasteiger partial charge < -0.3 is 17.7 Å². The van der Waals surface area contributed by atoms with Crippen molar-refractivity contribution >= 4 is 6.98 Å². The van der Waals surface area contributed by atoms with Crippen molar-refractivity contribution in [2.24, 2.45) is 0 Å². The standard InChI is InChI=1S/C7H8BF3NO.K/c1-13-7-3-2-6(12-5-7)4-8(9,10)11;/h2-3,5H,4H2,1H3;/q-1;+1. The van der Waals surface area contributed by atoms with Gasteiger partial charge in [-0.2, -0.15) is 0 Å². The fraction of sp³-hybridized carbons (Fsp3) is 0.286. The molecule has 0 saturated heterocycles. The van der Waals surface area contributed by atoms with Crippen molar-refractivity contribution in [3.63, 3.8) is 0 Å². The van der Waals surface area contributed by atoms with E-state index in [0.29, 0.717) is 5.75 Å². The summed E-state index contributed by atoms with van der Waals surface area (Å²) in [6.45, 7) is -4.80. The molecule has 2 nitrogen and oxygen atoms in total. The van der Waals surface area contributed by atoms with E-state index in [1.807, 2.05) is 0 Å². The number of nitrogens with zero attached hydrogens (tertiary/aromatic N) is 1. The Kier molecular flexibility index (Phi) is 6.31. The second-order valence-corrected chi connectivity index (χ2v) is 2.60. The van der Waals surface area contributed by atoms with Crippen molar-refractivity contribution in [1.82, 2.24) is 4.98 Å². The maximum atomic E-state index is 11.9. The summed E-state index contributed by atoms with van der Waals surface area (Å²) in [6, 6.07) is 2.78. The van der Waals surface area contributed by atoms with Crippen molar-refractivity contribution in [2.45, 2.75) is 6.32 Å². The molecule has 72 valence electrons. The molecule has 0 spiro atoms. The first-order valence-electron chi connectivity index (χ1n) is 3.71. The molecule has 0 aromatic carbocycles. The summed E-state index contributed by atoms with van der Waals surface area (Å²) < 4.78 is 40.5. The molecule has 1 aromatic heterocycles. The van der Waals surface area contributed by atoms with Gasteiger partial charge >= 0.3 is 58.4 Å². The van der Waals surface area contributed by atoms with Gasteiger partial charge in [-0.3, -0.25) is 4.98 Å². The number of aromatic nitrogens is 1. The molecule has 7 heteroatoms. The first-order valence-corrected chi connectivity index (χ1v) is 3.71. The molecule has 0 aliphatic carbocycles.